The molecule has 106 valence electrons. The molecule has 1 heterocycles. The summed E-state index contributed by atoms with van der Waals surface area (Å²) in [5, 5.41) is 28.5. The fourth-order valence-electron chi connectivity index (χ4n) is 2.80. The van der Waals surface area contributed by atoms with Crippen molar-refractivity contribution in [2.24, 2.45) is 5.92 Å². The number of piperidine rings is 1. The maximum absolute atomic E-state index is 9.94. The van der Waals surface area contributed by atoms with Gasteiger partial charge in [0.05, 0.1) is 6.10 Å². The minimum atomic E-state index is -0.655. The molecular formula is C15H23NO3. The number of aliphatic hydroxyl groups is 2. The highest BCUT2D eigenvalue weighted by Crippen LogP contribution is 2.31. The van der Waals surface area contributed by atoms with Gasteiger partial charge >= 0.3 is 0 Å². The molecule has 2 unspecified atom stereocenters. The van der Waals surface area contributed by atoms with E-state index in [1.807, 2.05) is 6.07 Å². The van der Waals surface area contributed by atoms with Crippen LogP contribution in [0.1, 0.15) is 37.9 Å². The summed E-state index contributed by atoms with van der Waals surface area (Å²) in [6.45, 7) is 3.79. The molecule has 0 amide bonds. The van der Waals surface area contributed by atoms with Gasteiger partial charge in [-0.1, -0.05) is 6.07 Å². The molecule has 3 N–H and O–H groups in total. The Morgan fingerprint density at radius 2 is 2.21 bits per heavy atom. The highest BCUT2D eigenvalue weighted by Gasteiger charge is 2.20. The Hall–Kier alpha value is -1.26. The van der Waals surface area contributed by atoms with E-state index in [4.69, 9.17) is 5.11 Å². The number of phenolic OH excluding ortho intramolecular Hbond substituents is 1. The molecule has 1 fully saturated rings. The van der Waals surface area contributed by atoms with E-state index in [1.54, 1.807) is 19.1 Å². The zero-order valence-electron chi connectivity index (χ0n) is 11.4. The molecule has 0 spiro atoms. The Labute approximate surface area is 114 Å². The zero-order chi connectivity index (χ0) is 13.8. The highest BCUT2D eigenvalue weighted by atomic mass is 16.3. The van der Waals surface area contributed by atoms with Crippen LogP contribution >= 0.6 is 0 Å². The van der Waals surface area contributed by atoms with Gasteiger partial charge in [0, 0.05) is 37.0 Å². The van der Waals surface area contributed by atoms with Crippen LogP contribution in [-0.4, -0.2) is 35.0 Å². The van der Waals surface area contributed by atoms with Gasteiger partial charge in [-0.25, -0.2) is 0 Å². The van der Waals surface area contributed by atoms with E-state index >= 15 is 0 Å². The quantitative estimate of drug-likeness (QED) is 0.779. The first-order valence-electron chi connectivity index (χ1n) is 6.98. The molecule has 4 heteroatoms. The second-order valence-corrected chi connectivity index (χ2v) is 5.39. The second-order valence-electron chi connectivity index (χ2n) is 5.39. The van der Waals surface area contributed by atoms with E-state index in [9.17, 15) is 10.2 Å². The minimum Gasteiger partial charge on any atom is -0.507 e. The molecular weight excluding hydrogens is 242 g/mol. The third kappa shape index (κ3) is 3.39. The summed E-state index contributed by atoms with van der Waals surface area (Å²) < 4.78 is 0. The number of hydrogen-bond acceptors (Lipinski definition) is 4. The molecule has 1 aromatic carbocycles. The second kappa shape index (κ2) is 6.26. The highest BCUT2D eigenvalue weighted by molar-refractivity contribution is 5.54. The Morgan fingerprint density at radius 1 is 1.42 bits per heavy atom. The standard InChI is InChI=1S/C15H23NO3/c1-11(18)14-5-4-13(9-15(14)19)16-7-2-3-12(10-16)6-8-17/h4-5,9,11-12,17-19H,2-3,6-8,10H2,1H3. The van der Waals surface area contributed by atoms with Gasteiger partial charge in [-0.15, -0.1) is 0 Å². The van der Waals surface area contributed by atoms with E-state index < -0.39 is 6.10 Å². The van der Waals surface area contributed by atoms with Crippen LogP contribution in [0.3, 0.4) is 0 Å². The van der Waals surface area contributed by atoms with Crippen molar-refractivity contribution in [3.8, 4) is 5.75 Å². The Balaban J connectivity index is 2.11. The van der Waals surface area contributed by atoms with Gasteiger partial charge in [0.25, 0.3) is 0 Å². The summed E-state index contributed by atoms with van der Waals surface area (Å²) in [5.74, 6) is 0.675. The third-order valence-electron chi connectivity index (χ3n) is 3.89. The van der Waals surface area contributed by atoms with E-state index in [1.165, 1.54) is 0 Å². The molecule has 0 aliphatic carbocycles. The van der Waals surface area contributed by atoms with Crippen molar-refractivity contribution in [2.75, 3.05) is 24.6 Å². The maximum atomic E-state index is 9.94. The van der Waals surface area contributed by atoms with Crippen LogP contribution in [0.2, 0.25) is 0 Å². The summed E-state index contributed by atoms with van der Waals surface area (Å²) >= 11 is 0. The Kier molecular flexibility index (Phi) is 4.66. The molecule has 1 saturated heterocycles. The van der Waals surface area contributed by atoms with Gasteiger partial charge in [-0.05, 0) is 38.2 Å². The van der Waals surface area contributed by atoms with Gasteiger partial charge < -0.3 is 20.2 Å². The number of anilines is 1. The van der Waals surface area contributed by atoms with Gasteiger partial charge in [0.1, 0.15) is 5.75 Å². The summed E-state index contributed by atoms with van der Waals surface area (Å²) in [6, 6.07) is 5.46. The molecule has 2 atom stereocenters. The number of aliphatic hydroxyl groups excluding tert-OH is 2. The van der Waals surface area contributed by atoms with Crippen molar-refractivity contribution < 1.29 is 15.3 Å². The summed E-state index contributed by atoms with van der Waals surface area (Å²) in [6.07, 6.45) is 2.46. The number of hydrogen-bond donors (Lipinski definition) is 3. The molecule has 4 nitrogen and oxygen atoms in total. The molecule has 0 aromatic heterocycles. The van der Waals surface area contributed by atoms with Crippen LogP contribution in [0, 0.1) is 5.92 Å². The SMILES string of the molecule is CC(O)c1ccc(N2CCCC(CCO)C2)cc1O. The third-order valence-corrected chi connectivity index (χ3v) is 3.89. The first-order valence-corrected chi connectivity index (χ1v) is 6.98. The number of benzene rings is 1. The molecule has 19 heavy (non-hydrogen) atoms. The summed E-state index contributed by atoms with van der Waals surface area (Å²) in [5.41, 5.74) is 1.55. The zero-order valence-corrected chi connectivity index (χ0v) is 11.4. The minimum absolute atomic E-state index is 0.150. The van der Waals surface area contributed by atoms with Crippen LogP contribution < -0.4 is 4.90 Å². The fraction of sp³-hybridized carbons (Fsp3) is 0.600. The lowest BCUT2D eigenvalue weighted by Gasteiger charge is -2.34. The predicted molar refractivity (Wildman–Crippen MR) is 75.4 cm³/mol. The van der Waals surface area contributed by atoms with E-state index in [0.717, 1.165) is 38.0 Å². The van der Waals surface area contributed by atoms with E-state index in [-0.39, 0.29) is 12.4 Å². The molecule has 1 aromatic rings. The van der Waals surface area contributed by atoms with Crippen molar-refractivity contribution in [1.82, 2.24) is 0 Å². The van der Waals surface area contributed by atoms with Crippen molar-refractivity contribution in [3.63, 3.8) is 0 Å². The lowest BCUT2D eigenvalue weighted by atomic mass is 9.94. The Morgan fingerprint density at radius 3 is 2.84 bits per heavy atom. The molecule has 0 saturated carbocycles. The topological polar surface area (TPSA) is 63.9 Å². The maximum Gasteiger partial charge on any atom is 0.123 e. The van der Waals surface area contributed by atoms with E-state index in [0.29, 0.717) is 11.5 Å². The van der Waals surface area contributed by atoms with Crippen molar-refractivity contribution in [1.29, 1.82) is 0 Å². The fourth-order valence-corrected chi connectivity index (χ4v) is 2.80. The Bertz CT molecular complexity index is 418. The largest absolute Gasteiger partial charge is 0.507 e. The van der Waals surface area contributed by atoms with Crippen LogP contribution in [0.15, 0.2) is 18.2 Å². The first-order chi connectivity index (χ1) is 9.11. The average molecular weight is 265 g/mol. The van der Waals surface area contributed by atoms with Crippen molar-refractivity contribution >= 4 is 5.69 Å². The van der Waals surface area contributed by atoms with Gasteiger partial charge in [-0.3, -0.25) is 0 Å². The number of rotatable bonds is 4. The molecule has 0 bridgehead atoms. The number of aromatic hydroxyl groups is 1. The lowest BCUT2D eigenvalue weighted by molar-refractivity contribution is 0.195. The predicted octanol–water partition coefficient (Wildman–Crippen LogP) is 2.04. The van der Waals surface area contributed by atoms with Crippen molar-refractivity contribution in [3.05, 3.63) is 23.8 Å². The average Bonchev–Trinajstić information content (AvgIpc) is 2.39. The van der Waals surface area contributed by atoms with Crippen molar-refractivity contribution in [2.45, 2.75) is 32.3 Å². The molecule has 1 aliphatic rings. The molecule has 1 aliphatic heterocycles. The van der Waals surface area contributed by atoms with Crippen LogP contribution in [0.5, 0.6) is 5.75 Å². The number of nitrogens with zero attached hydrogens (tertiary/aromatic N) is 1. The van der Waals surface area contributed by atoms with Gasteiger partial charge in [0.2, 0.25) is 0 Å². The van der Waals surface area contributed by atoms with Gasteiger partial charge in [-0.2, -0.15) is 0 Å². The smallest absolute Gasteiger partial charge is 0.123 e. The lowest BCUT2D eigenvalue weighted by Crippen LogP contribution is -2.35. The van der Waals surface area contributed by atoms with Crippen LogP contribution in [0.25, 0.3) is 0 Å². The van der Waals surface area contributed by atoms with Crippen LogP contribution in [0.4, 0.5) is 5.69 Å². The summed E-state index contributed by atoms with van der Waals surface area (Å²) in [4.78, 5) is 2.25. The first kappa shape index (κ1) is 14.2. The number of phenols is 1. The summed E-state index contributed by atoms with van der Waals surface area (Å²) in [7, 11) is 0. The normalized spacial score (nSPS) is 21.4. The van der Waals surface area contributed by atoms with Gasteiger partial charge in [0.15, 0.2) is 0 Å². The van der Waals surface area contributed by atoms with Crippen LogP contribution in [-0.2, 0) is 0 Å². The molecule has 0 radical (unpaired) electrons. The monoisotopic (exact) mass is 265 g/mol. The molecule has 2 rings (SSSR count). The van der Waals surface area contributed by atoms with E-state index in [2.05, 4.69) is 4.90 Å².